The Labute approximate surface area is 102 Å². The Morgan fingerprint density at radius 3 is 2.64 bits per heavy atom. The van der Waals surface area contributed by atoms with Crippen molar-refractivity contribution in [3.63, 3.8) is 0 Å². The van der Waals surface area contributed by atoms with Crippen LogP contribution in [0.3, 0.4) is 0 Å². The topological polar surface area (TPSA) is 14.1 Å². The monoisotopic (exact) mass is 299 g/mol. The highest BCUT2D eigenvalue weighted by atomic mass is 127. The van der Waals surface area contributed by atoms with E-state index in [4.69, 9.17) is 0 Å². The zero-order valence-corrected chi connectivity index (χ0v) is 10.6. The van der Waals surface area contributed by atoms with Crippen LogP contribution in [0.5, 0.6) is 0 Å². The van der Waals surface area contributed by atoms with Crippen LogP contribution in [0.1, 0.15) is 18.2 Å². The molecule has 74 valence electrons. The molecule has 0 radical (unpaired) electrons. The first-order chi connectivity index (χ1) is 6.31. The van der Waals surface area contributed by atoms with Crippen LogP contribution in [0, 0.1) is 6.92 Å². The maximum atomic E-state index is 3.41. The third kappa shape index (κ3) is 2.05. The molecule has 0 fully saturated rings. The van der Waals surface area contributed by atoms with Gasteiger partial charge < -0.3 is 24.0 Å². The molecular weight excluding hydrogens is 285 g/mol. The fourth-order valence-electron chi connectivity index (χ4n) is 1.68. The van der Waals surface area contributed by atoms with E-state index >= 15 is 0 Å². The van der Waals surface area contributed by atoms with E-state index in [1.807, 2.05) is 0 Å². The SMILES string of the molecule is CCc1cc2ccccc2[nH+]c1C.[I-]. The van der Waals surface area contributed by atoms with Gasteiger partial charge in [0.05, 0.1) is 0 Å². The van der Waals surface area contributed by atoms with Crippen LogP contribution in [0.2, 0.25) is 0 Å². The van der Waals surface area contributed by atoms with Crippen molar-refractivity contribution >= 4 is 10.9 Å². The van der Waals surface area contributed by atoms with Crippen molar-refractivity contribution in [3.8, 4) is 0 Å². The Kier molecular flexibility index (Phi) is 3.86. The maximum absolute atomic E-state index is 3.41. The zero-order valence-electron chi connectivity index (χ0n) is 8.47. The fraction of sp³-hybridized carbons (Fsp3) is 0.250. The predicted octanol–water partition coefficient (Wildman–Crippen LogP) is -0.471. The highest BCUT2D eigenvalue weighted by Crippen LogP contribution is 2.12. The molecule has 1 aromatic carbocycles. The summed E-state index contributed by atoms with van der Waals surface area (Å²) in [6.07, 6.45) is 1.09. The quantitative estimate of drug-likeness (QED) is 0.632. The average Bonchev–Trinajstić information content (AvgIpc) is 2.17. The molecule has 0 atom stereocenters. The van der Waals surface area contributed by atoms with Crippen molar-refractivity contribution in [1.29, 1.82) is 0 Å². The fourth-order valence-corrected chi connectivity index (χ4v) is 1.68. The van der Waals surface area contributed by atoms with Gasteiger partial charge in [-0.25, -0.2) is 4.98 Å². The molecule has 2 heteroatoms. The molecule has 1 nitrogen and oxygen atoms in total. The summed E-state index contributed by atoms with van der Waals surface area (Å²) in [7, 11) is 0. The minimum atomic E-state index is 0. The van der Waals surface area contributed by atoms with Gasteiger partial charge in [0.25, 0.3) is 0 Å². The van der Waals surface area contributed by atoms with Gasteiger partial charge in [0.1, 0.15) is 0 Å². The lowest BCUT2D eigenvalue weighted by atomic mass is 10.1. The van der Waals surface area contributed by atoms with E-state index in [-0.39, 0.29) is 24.0 Å². The second-order valence-corrected chi connectivity index (χ2v) is 3.36. The van der Waals surface area contributed by atoms with Gasteiger partial charge in [0.2, 0.25) is 5.52 Å². The molecule has 0 unspecified atom stereocenters. The highest BCUT2D eigenvalue weighted by molar-refractivity contribution is 5.75. The molecule has 1 N–H and O–H groups in total. The van der Waals surface area contributed by atoms with Crippen LogP contribution in [0.4, 0.5) is 0 Å². The maximum Gasteiger partial charge on any atom is 0.211 e. The average molecular weight is 299 g/mol. The number of nitrogens with one attached hydrogen (secondary N) is 1. The van der Waals surface area contributed by atoms with E-state index in [0.29, 0.717) is 0 Å². The van der Waals surface area contributed by atoms with Crippen LogP contribution in [-0.4, -0.2) is 0 Å². The second kappa shape index (κ2) is 4.73. The first-order valence-corrected chi connectivity index (χ1v) is 4.72. The molecular formula is C12H14IN. The van der Waals surface area contributed by atoms with Crippen LogP contribution < -0.4 is 29.0 Å². The number of aromatic nitrogens is 1. The number of H-pyrrole nitrogens is 1. The summed E-state index contributed by atoms with van der Waals surface area (Å²) in [5.41, 5.74) is 3.90. The van der Waals surface area contributed by atoms with Gasteiger partial charge >= 0.3 is 0 Å². The summed E-state index contributed by atoms with van der Waals surface area (Å²) in [5, 5.41) is 1.30. The normalized spacial score (nSPS) is 9.86. The lowest BCUT2D eigenvalue weighted by Crippen LogP contribution is -3.00. The van der Waals surface area contributed by atoms with Crippen LogP contribution in [0.15, 0.2) is 30.3 Å². The summed E-state index contributed by atoms with van der Waals surface area (Å²) in [5.74, 6) is 0. The van der Waals surface area contributed by atoms with Crippen molar-refractivity contribution in [3.05, 3.63) is 41.6 Å². The molecule has 1 heterocycles. The third-order valence-electron chi connectivity index (χ3n) is 2.48. The third-order valence-corrected chi connectivity index (χ3v) is 2.48. The van der Waals surface area contributed by atoms with E-state index in [1.54, 1.807) is 0 Å². The lowest BCUT2D eigenvalue weighted by Gasteiger charge is -1.98. The van der Waals surface area contributed by atoms with Crippen molar-refractivity contribution in [2.24, 2.45) is 0 Å². The van der Waals surface area contributed by atoms with Gasteiger partial charge in [-0.2, -0.15) is 0 Å². The summed E-state index contributed by atoms with van der Waals surface area (Å²) < 4.78 is 0. The van der Waals surface area contributed by atoms with E-state index < -0.39 is 0 Å². The molecule has 0 saturated carbocycles. The molecule has 1 aromatic heterocycles. The minimum absolute atomic E-state index is 0. The number of pyridine rings is 1. The molecule has 2 rings (SSSR count). The van der Waals surface area contributed by atoms with Gasteiger partial charge in [0.15, 0.2) is 5.69 Å². The van der Waals surface area contributed by atoms with E-state index in [0.717, 1.165) is 6.42 Å². The minimum Gasteiger partial charge on any atom is -1.00 e. The van der Waals surface area contributed by atoms with Gasteiger partial charge in [-0.05, 0) is 18.6 Å². The number of hydrogen-bond donors (Lipinski definition) is 0. The smallest absolute Gasteiger partial charge is 0.211 e. The predicted molar refractivity (Wildman–Crippen MR) is 54.6 cm³/mol. The van der Waals surface area contributed by atoms with Gasteiger partial charge in [-0.3, -0.25) is 0 Å². The van der Waals surface area contributed by atoms with Crippen LogP contribution in [-0.2, 0) is 6.42 Å². The molecule has 2 aromatic rings. The number of aromatic amines is 1. The molecule has 0 amide bonds. The standard InChI is InChI=1S/C12H13N.HI/c1-3-10-8-11-6-4-5-7-12(11)13-9(10)2;/h4-8H,3H2,1-2H3;1H. The number of benzene rings is 1. The molecule has 0 spiro atoms. The Balaban J connectivity index is 0.000000980. The van der Waals surface area contributed by atoms with Crippen LogP contribution >= 0.6 is 0 Å². The molecule has 0 bridgehead atoms. The number of rotatable bonds is 1. The van der Waals surface area contributed by atoms with E-state index in [2.05, 4.69) is 49.2 Å². The highest BCUT2D eigenvalue weighted by Gasteiger charge is 2.05. The summed E-state index contributed by atoms with van der Waals surface area (Å²) >= 11 is 0. The molecule has 0 aliphatic heterocycles. The van der Waals surface area contributed by atoms with Crippen LogP contribution in [0.25, 0.3) is 10.9 Å². The van der Waals surface area contributed by atoms with E-state index in [9.17, 15) is 0 Å². The van der Waals surface area contributed by atoms with Gasteiger partial charge in [-0.1, -0.05) is 19.1 Å². The molecule has 0 aliphatic rings. The lowest BCUT2D eigenvalue weighted by molar-refractivity contribution is -0.355. The molecule has 0 aliphatic carbocycles. The number of para-hydroxylation sites is 1. The first-order valence-electron chi connectivity index (χ1n) is 4.72. The zero-order chi connectivity index (χ0) is 9.26. The van der Waals surface area contributed by atoms with E-state index in [1.165, 1.54) is 22.2 Å². The Bertz CT molecular complexity index is 437. The Morgan fingerprint density at radius 1 is 1.21 bits per heavy atom. The summed E-state index contributed by atoms with van der Waals surface area (Å²) in [4.78, 5) is 3.41. The molecule has 14 heavy (non-hydrogen) atoms. The number of aryl methyl sites for hydroxylation is 2. The van der Waals surface area contributed by atoms with Crippen molar-refractivity contribution < 1.29 is 29.0 Å². The number of hydrogen-bond acceptors (Lipinski definition) is 0. The van der Waals surface area contributed by atoms with Crippen molar-refractivity contribution in [2.75, 3.05) is 0 Å². The first kappa shape index (κ1) is 11.4. The Hall–Kier alpha value is -0.640. The summed E-state index contributed by atoms with van der Waals surface area (Å²) in [6, 6.07) is 10.7. The number of halogens is 1. The van der Waals surface area contributed by atoms with Gasteiger partial charge in [-0.15, -0.1) is 0 Å². The second-order valence-electron chi connectivity index (χ2n) is 3.36. The van der Waals surface area contributed by atoms with Crippen molar-refractivity contribution in [1.82, 2.24) is 0 Å². The molecule has 0 saturated heterocycles. The van der Waals surface area contributed by atoms with Crippen molar-refractivity contribution in [2.45, 2.75) is 20.3 Å². The Morgan fingerprint density at radius 2 is 1.93 bits per heavy atom. The summed E-state index contributed by atoms with van der Waals surface area (Å²) in [6.45, 7) is 4.32. The number of fused-ring (bicyclic) bond motifs is 1. The largest absolute Gasteiger partial charge is 1.00 e. The van der Waals surface area contributed by atoms with Gasteiger partial charge in [0, 0.05) is 23.9 Å².